The molecule has 0 aromatic carbocycles. The van der Waals surface area contributed by atoms with Crippen LogP contribution in [-0.4, -0.2) is 37.6 Å². The van der Waals surface area contributed by atoms with E-state index < -0.39 is 0 Å². The minimum Gasteiger partial charge on any atom is -0.353 e. The van der Waals surface area contributed by atoms with Gasteiger partial charge in [0.15, 0.2) is 0 Å². The average molecular weight is 360 g/mol. The number of amides is 1. The van der Waals surface area contributed by atoms with Crippen LogP contribution in [0.4, 0.5) is 0 Å². The molecule has 0 aliphatic heterocycles. The molecule has 2 aromatic heterocycles. The Labute approximate surface area is 151 Å². The van der Waals surface area contributed by atoms with E-state index in [0.717, 1.165) is 12.8 Å². The predicted octanol–water partition coefficient (Wildman–Crippen LogP) is 2.38. The highest BCUT2D eigenvalue weighted by molar-refractivity contribution is 7.99. The minimum atomic E-state index is 0.0259. The van der Waals surface area contributed by atoms with Crippen LogP contribution in [-0.2, 0) is 4.79 Å². The van der Waals surface area contributed by atoms with E-state index in [1.54, 1.807) is 6.20 Å². The molecule has 2 heterocycles. The number of nitrogen functional groups attached to an aromatic ring is 1. The van der Waals surface area contributed by atoms with E-state index >= 15 is 0 Å². The lowest BCUT2D eigenvalue weighted by Gasteiger charge is -2.20. The van der Waals surface area contributed by atoms with Crippen molar-refractivity contribution in [2.24, 2.45) is 0 Å². The summed E-state index contributed by atoms with van der Waals surface area (Å²) < 4.78 is 1.39. The molecule has 2 aromatic rings. The number of nitrogens with zero attached hydrogens (tertiary/aromatic N) is 4. The maximum atomic E-state index is 12.2. The van der Waals surface area contributed by atoms with Crippen molar-refractivity contribution in [3.8, 4) is 11.5 Å². The van der Waals surface area contributed by atoms with Gasteiger partial charge in [-0.1, -0.05) is 49.9 Å². The number of pyridine rings is 1. The molecule has 3 rings (SSSR count). The average Bonchev–Trinajstić information content (AvgIpc) is 2.97. The second-order valence-electron chi connectivity index (χ2n) is 6.29. The lowest BCUT2D eigenvalue weighted by atomic mass is 9.97. The molecule has 0 atom stereocenters. The third kappa shape index (κ3) is 4.94. The number of nitrogens with one attached hydrogen (secondary N) is 1. The molecule has 1 saturated carbocycles. The molecular weight excluding hydrogens is 336 g/mol. The molecular formula is C17H24N6OS. The zero-order valence-electron chi connectivity index (χ0n) is 14.2. The molecule has 25 heavy (non-hydrogen) atoms. The fraction of sp³-hybridized carbons (Fsp3) is 0.529. The van der Waals surface area contributed by atoms with Gasteiger partial charge in [0.25, 0.3) is 0 Å². The van der Waals surface area contributed by atoms with Crippen molar-refractivity contribution in [2.45, 2.75) is 56.1 Å². The van der Waals surface area contributed by atoms with Gasteiger partial charge in [0.05, 0.1) is 5.75 Å². The molecule has 8 heteroatoms. The highest BCUT2D eigenvalue weighted by atomic mass is 32.2. The van der Waals surface area contributed by atoms with E-state index in [0.29, 0.717) is 22.7 Å². The Morgan fingerprint density at radius 1 is 1.20 bits per heavy atom. The number of rotatable bonds is 5. The van der Waals surface area contributed by atoms with E-state index in [1.807, 2.05) is 18.2 Å². The second kappa shape index (κ2) is 8.84. The SMILES string of the molecule is Nn1c(SCC(=O)NC2CCCCCCC2)nnc1-c1ccccn1. The Kier molecular flexibility index (Phi) is 6.27. The first kappa shape index (κ1) is 17.7. The van der Waals surface area contributed by atoms with Crippen molar-refractivity contribution in [3.05, 3.63) is 24.4 Å². The monoisotopic (exact) mass is 360 g/mol. The van der Waals surface area contributed by atoms with Crippen molar-refractivity contribution >= 4 is 17.7 Å². The van der Waals surface area contributed by atoms with Gasteiger partial charge in [0, 0.05) is 12.2 Å². The molecule has 1 amide bonds. The maximum absolute atomic E-state index is 12.2. The first-order chi connectivity index (χ1) is 12.2. The number of nitrogens with two attached hydrogens (primary N) is 1. The van der Waals surface area contributed by atoms with E-state index in [2.05, 4.69) is 20.5 Å². The second-order valence-corrected chi connectivity index (χ2v) is 7.23. The van der Waals surface area contributed by atoms with Gasteiger partial charge < -0.3 is 11.2 Å². The Morgan fingerprint density at radius 2 is 1.96 bits per heavy atom. The van der Waals surface area contributed by atoms with Crippen LogP contribution in [0.2, 0.25) is 0 Å². The molecule has 1 aliphatic rings. The van der Waals surface area contributed by atoms with Crippen molar-refractivity contribution < 1.29 is 4.79 Å². The predicted molar refractivity (Wildman–Crippen MR) is 98.4 cm³/mol. The Balaban J connectivity index is 1.53. The van der Waals surface area contributed by atoms with Crippen molar-refractivity contribution in [1.82, 2.24) is 25.2 Å². The Bertz CT molecular complexity index is 682. The highest BCUT2D eigenvalue weighted by Gasteiger charge is 2.17. The highest BCUT2D eigenvalue weighted by Crippen LogP contribution is 2.20. The Hall–Kier alpha value is -2.09. The lowest BCUT2D eigenvalue weighted by molar-refractivity contribution is -0.119. The van der Waals surface area contributed by atoms with Crippen molar-refractivity contribution in [1.29, 1.82) is 0 Å². The molecule has 0 radical (unpaired) electrons. The maximum Gasteiger partial charge on any atom is 0.230 e. The van der Waals surface area contributed by atoms with Gasteiger partial charge in [-0.25, -0.2) is 4.68 Å². The number of carbonyl (C=O) groups excluding carboxylic acids is 1. The number of aromatic nitrogens is 4. The molecule has 134 valence electrons. The summed E-state index contributed by atoms with van der Waals surface area (Å²) in [5.41, 5.74) is 0.656. The number of carbonyl (C=O) groups is 1. The molecule has 0 unspecified atom stereocenters. The zero-order valence-corrected chi connectivity index (χ0v) is 15.0. The molecule has 7 nitrogen and oxygen atoms in total. The summed E-state index contributed by atoms with van der Waals surface area (Å²) in [5, 5.41) is 11.8. The van der Waals surface area contributed by atoms with Gasteiger partial charge in [-0.2, -0.15) is 0 Å². The summed E-state index contributed by atoms with van der Waals surface area (Å²) in [4.78, 5) is 16.4. The summed E-state index contributed by atoms with van der Waals surface area (Å²) >= 11 is 1.29. The summed E-state index contributed by atoms with van der Waals surface area (Å²) in [5.74, 6) is 6.84. The van der Waals surface area contributed by atoms with Gasteiger partial charge in [-0.3, -0.25) is 9.78 Å². The third-order valence-electron chi connectivity index (χ3n) is 4.36. The van der Waals surface area contributed by atoms with E-state index in [-0.39, 0.29) is 11.7 Å². The largest absolute Gasteiger partial charge is 0.353 e. The first-order valence-electron chi connectivity index (χ1n) is 8.78. The summed E-state index contributed by atoms with van der Waals surface area (Å²) in [6, 6.07) is 5.82. The van der Waals surface area contributed by atoms with Gasteiger partial charge in [0.1, 0.15) is 5.69 Å². The quantitative estimate of drug-likeness (QED) is 0.627. The molecule has 0 spiro atoms. The normalized spacial score (nSPS) is 16.2. The van der Waals surface area contributed by atoms with Crippen LogP contribution in [0, 0.1) is 0 Å². The van der Waals surface area contributed by atoms with Crippen LogP contribution in [0.5, 0.6) is 0 Å². The standard InChI is InChI=1S/C17H24N6OS/c18-23-16(14-10-6-7-11-19-14)21-22-17(23)25-12-15(24)20-13-8-4-2-1-3-5-9-13/h6-7,10-11,13H,1-5,8-9,12,18H2,(H,20,24). The number of thioether (sulfide) groups is 1. The van der Waals surface area contributed by atoms with Crippen LogP contribution < -0.4 is 11.2 Å². The van der Waals surface area contributed by atoms with Gasteiger partial charge in [-0.15, -0.1) is 10.2 Å². The third-order valence-corrected chi connectivity index (χ3v) is 5.30. The van der Waals surface area contributed by atoms with Crippen LogP contribution in [0.1, 0.15) is 44.9 Å². The smallest absolute Gasteiger partial charge is 0.230 e. The number of hydrogen-bond acceptors (Lipinski definition) is 6. The van der Waals surface area contributed by atoms with Gasteiger partial charge in [0.2, 0.25) is 16.9 Å². The first-order valence-corrected chi connectivity index (χ1v) is 9.76. The van der Waals surface area contributed by atoms with Crippen LogP contribution in [0.15, 0.2) is 29.6 Å². The van der Waals surface area contributed by atoms with Crippen LogP contribution in [0.3, 0.4) is 0 Å². The zero-order chi connectivity index (χ0) is 17.5. The fourth-order valence-electron chi connectivity index (χ4n) is 3.05. The van der Waals surface area contributed by atoms with Crippen LogP contribution in [0.25, 0.3) is 11.5 Å². The van der Waals surface area contributed by atoms with Crippen molar-refractivity contribution in [3.63, 3.8) is 0 Å². The molecule has 1 fully saturated rings. The molecule has 0 bridgehead atoms. The minimum absolute atomic E-state index is 0.0259. The van der Waals surface area contributed by atoms with E-state index in [9.17, 15) is 4.79 Å². The lowest BCUT2D eigenvalue weighted by Crippen LogP contribution is -2.36. The molecule has 3 N–H and O–H groups in total. The van der Waals surface area contributed by atoms with Gasteiger partial charge >= 0.3 is 0 Å². The Morgan fingerprint density at radius 3 is 2.68 bits per heavy atom. The van der Waals surface area contributed by atoms with Crippen LogP contribution >= 0.6 is 11.8 Å². The summed E-state index contributed by atoms with van der Waals surface area (Å²) in [6.07, 6.45) is 10.1. The van der Waals surface area contributed by atoms with Crippen molar-refractivity contribution in [2.75, 3.05) is 11.6 Å². The molecule has 0 saturated heterocycles. The number of hydrogen-bond donors (Lipinski definition) is 2. The van der Waals surface area contributed by atoms with Gasteiger partial charge in [-0.05, 0) is 25.0 Å². The fourth-order valence-corrected chi connectivity index (χ4v) is 3.71. The summed E-state index contributed by atoms with van der Waals surface area (Å²) in [7, 11) is 0. The van der Waals surface area contributed by atoms with E-state index in [4.69, 9.17) is 5.84 Å². The summed E-state index contributed by atoms with van der Waals surface area (Å²) in [6.45, 7) is 0. The molecule has 1 aliphatic carbocycles. The topological polar surface area (TPSA) is 98.7 Å². The van der Waals surface area contributed by atoms with E-state index in [1.165, 1.54) is 48.5 Å².